The number of rotatable bonds is 8. The van der Waals surface area contributed by atoms with Gasteiger partial charge < -0.3 is 10.2 Å². The van der Waals surface area contributed by atoms with E-state index in [-0.39, 0.29) is 0 Å². The maximum Gasteiger partial charge on any atom is 0.00223 e. The maximum atomic E-state index is 3.58. The Kier molecular flexibility index (Phi) is 7.50. The van der Waals surface area contributed by atoms with Crippen LogP contribution >= 0.6 is 11.8 Å². The fourth-order valence-electron chi connectivity index (χ4n) is 2.29. The fraction of sp³-hybridized carbons (Fsp3) is 1.00. The van der Waals surface area contributed by atoms with Gasteiger partial charge in [-0.2, -0.15) is 11.8 Å². The van der Waals surface area contributed by atoms with E-state index in [0.717, 1.165) is 11.8 Å². The summed E-state index contributed by atoms with van der Waals surface area (Å²) < 4.78 is 0. The van der Waals surface area contributed by atoms with Crippen LogP contribution < -0.4 is 5.32 Å². The van der Waals surface area contributed by atoms with E-state index in [4.69, 9.17) is 0 Å². The first-order valence-electron chi connectivity index (χ1n) is 6.64. The Balaban J connectivity index is 2.01. The van der Waals surface area contributed by atoms with E-state index in [1.807, 2.05) is 11.8 Å². The van der Waals surface area contributed by atoms with Crippen LogP contribution in [0.3, 0.4) is 0 Å². The van der Waals surface area contributed by atoms with E-state index in [2.05, 4.69) is 30.3 Å². The highest BCUT2D eigenvalue weighted by atomic mass is 32.2. The lowest BCUT2D eigenvalue weighted by molar-refractivity contribution is 0.322. The van der Waals surface area contributed by atoms with Crippen molar-refractivity contribution < 1.29 is 0 Å². The van der Waals surface area contributed by atoms with Gasteiger partial charge >= 0.3 is 0 Å². The number of nitrogens with zero attached hydrogens (tertiary/aromatic N) is 1. The first-order valence-corrected chi connectivity index (χ1v) is 8.03. The number of hydrogen-bond donors (Lipinski definition) is 1. The first kappa shape index (κ1) is 14.3. The molecule has 2 nitrogen and oxygen atoms in total. The lowest BCUT2D eigenvalue weighted by Crippen LogP contribution is -2.29. The quantitative estimate of drug-likeness (QED) is 0.660. The zero-order chi connectivity index (χ0) is 11.8. The Morgan fingerprint density at radius 2 is 2.25 bits per heavy atom. The molecule has 0 aromatic rings. The molecule has 16 heavy (non-hydrogen) atoms. The molecule has 1 saturated heterocycles. The highest BCUT2D eigenvalue weighted by Crippen LogP contribution is 2.15. The maximum absolute atomic E-state index is 3.58. The molecule has 0 radical (unpaired) electrons. The molecule has 0 aliphatic carbocycles. The summed E-state index contributed by atoms with van der Waals surface area (Å²) in [6, 6.07) is 0. The molecule has 0 bridgehead atoms. The van der Waals surface area contributed by atoms with Crippen molar-refractivity contribution in [2.75, 3.05) is 44.7 Å². The lowest BCUT2D eigenvalue weighted by Gasteiger charge is -2.16. The Morgan fingerprint density at radius 1 is 1.44 bits per heavy atom. The number of hydrogen-bond acceptors (Lipinski definition) is 3. The highest BCUT2D eigenvalue weighted by molar-refractivity contribution is 7.98. The van der Waals surface area contributed by atoms with Crippen LogP contribution in [0, 0.1) is 11.8 Å². The summed E-state index contributed by atoms with van der Waals surface area (Å²) in [7, 11) is 0. The minimum Gasteiger partial charge on any atom is -0.316 e. The van der Waals surface area contributed by atoms with Crippen LogP contribution in [0.15, 0.2) is 0 Å². The van der Waals surface area contributed by atoms with Crippen LogP contribution in [-0.2, 0) is 0 Å². The Hall–Kier alpha value is 0.270. The molecule has 1 aliphatic rings. The molecule has 1 rings (SSSR count). The second-order valence-corrected chi connectivity index (χ2v) is 6.34. The second kappa shape index (κ2) is 8.37. The van der Waals surface area contributed by atoms with Crippen molar-refractivity contribution >= 4 is 11.8 Å². The molecular weight excluding hydrogens is 216 g/mol. The average molecular weight is 244 g/mol. The van der Waals surface area contributed by atoms with Gasteiger partial charge in [0.05, 0.1) is 0 Å². The topological polar surface area (TPSA) is 15.3 Å². The smallest absolute Gasteiger partial charge is 0.00223 e. The van der Waals surface area contributed by atoms with Gasteiger partial charge in [0.2, 0.25) is 0 Å². The zero-order valence-electron chi connectivity index (χ0n) is 11.2. The number of likely N-dealkylation sites (tertiary alicyclic amines) is 1. The summed E-state index contributed by atoms with van der Waals surface area (Å²) in [5.74, 6) is 2.99. The van der Waals surface area contributed by atoms with Gasteiger partial charge in [-0.1, -0.05) is 13.8 Å². The predicted molar refractivity (Wildman–Crippen MR) is 75.3 cm³/mol. The molecule has 1 unspecified atom stereocenters. The molecule has 1 heterocycles. The molecule has 0 spiro atoms. The molecular formula is C13H28N2S. The van der Waals surface area contributed by atoms with Crippen molar-refractivity contribution in [3.63, 3.8) is 0 Å². The molecule has 96 valence electrons. The predicted octanol–water partition coefficient (Wildman–Crippen LogP) is 2.31. The minimum absolute atomic E-state index is 0.777. The molecule has 0 amide bonds. The summed E-state index contributed by atoms with van der Waals surface area (Å²) in [6.07, 6.45) is 4.94. The van der Waals surface area contributed by atoms with Crippen molar-refractivity contribution in [3.8, 4) is 0 Å². The standard InChI is InChI=1S/C13H28N2S/c1-12(2)9-14-10-13-5-7-15(11-13)6-4-8-16-3/h12-14H,4-11H2,1-3H3. The Morgan fingerprint density at radius 3 is 2.94 bits per heavy atom. The molecule has 1 fully saturated rings. The summed E-state index contributed by atoms with van der Waals surface area (Å²) in [5.41, 5.74) is 0. The average Bonchev–Trinajstić information content (AvgIpc) is 2.66. The van der Waals surface area contributed by atoms with Crippen LogP contribution in [0.5, 0.6) is 0 Å². The fourth-order valence-corrected chi connectivity index (χ4v) is 2.71. The Bertz CT molecular complexity index is 173. The van der Waals surface area contributed by atoms with Gasteiger partial charge in [0.15, 0.2) is 0 Å². The monoisotopic (exact) mass is 244 g/mol. The van der Waals surface area contributed by atoms with Gasteiger partial charge in [-0.25, -0.2) is 0 Å². The van der Waals surface area contributed by atoms with Crippen molar-refractivity contribution in [1.29, 1.82) is 0 Å². The van der Waals surface area contributed by atoms with Crippen molar-refractivity contribution in [2.45, 2.75) is 26.7 Å². The minimum atomic E-state index is 0.777. The largest absolute Gasteiger partial charge is 0.316 e. The molecule has 3 heteroatoms. The summed E-state index contributed by atoms with van der Waals surface area (Å²) in [6.45, 7) is 10.9. The molecule has 0 aromatic heterocycles. The summed E-state index contributed by atoms with van der Waals surface area (Å²) >= 11 is 1.96. The molecule has 1 aliphatic heterocycles. The Labute approximate surface area is 106 Å². The van der Waals surface area contributed by atoms with Crippen LogP contribution in [0.2, 0.25) is 0 Å². The normalized spacial score (nSPS) is 22.1. The van der Waals surface area contributed by atoms with Crippen molar-refractivity contribution in [2.24, 2.45) is 11.8 Å². The summed E-state index contributed by atoms with van der Waals surface area (Å²) in [5, 5.41) is 3.58. The number of nitrogens with one attached hydrogen (secondary N) is 1. The lowest BCUT2D eigenvalue weighted by atomic mass is 10.1. The second-order valence-electron chi connectivity index (χ2n) is 5.35. The third-order valence-corrected chi connectivity index (χ3v) is 3.88. The van der Waals surface area contributed by atoms with Gasteiger partial charge in [-0.3, -0.25) is 0 Å². The first-order chi connectivity index (χ1) is 7.72. The van der Waals surface area contributed by atoms with Crippen LogP contribution in [-0.4, -0.2) is 49.6 Å². The van der Waals surface area contributed by atoms with Gasteiger partial charge in [-0.15, -0.1) is 0 Å². The van der Waals surface area contributed by atoms with Crippen LogP contribution in [0.25, 0.3) is 0 Å². The third-order valence-electron chi connectivity index (χ3n) is 3.18. The van der Waals surface area contributed by atoms with E-state index < -0.39 is 0 Å². The van der Waals surface area contributed by atoms with Gasteiger partial charge in [0.25, 0.3) is 0 Å². The summed E-state index contributed by atoms with van der Waals surface area (Å²) in [4.78, 5) is 2.64. The van der Waals surface area contributed by atoms with Gasteiger partial charge in [-0.05, 0) is 62.9 Å². The van der Waals surface area contributed by atoms with Gasteiger partial charge in [0, 0.05) is 6.54 Å². The molecule has 0 saturated carbocycles. The van der Waals surface area contributed by atoms with Crippen molar-refractivity contribution in [1.82, 2.24) is 10.2 Å². The van der Waals surface area contributed by atoms with Crippen LogP contribution in [0.4, 0.5) is 0 Å². The SMILES string of the molecule is CSCCCN1CCC(CNCC(C)C)C1. The van der Waals surface area contributed by atoms with E-state index >= 15 is 0 Å². The van der Waals surface area contributed by atoms with Crippen molar-refractivity contribution in [3.05, 3.63) is 0 Å². The van der Waals surface area contributed by atoms with E-state index in [1.165, 1.54) is 51.3 Å². The van der Waals surface area contributed by atoms with Gasteiger partial charge in [0.1, 0.15) is 0 Å². The molecule has 0 aromatic carbocycles. The molecule has 1 atom stereocenters. The van der Waals surface area contributed by atoms with Crippen LogP contribution in [0.1, 0.15) is 26.7 Å². The number of thioether (sulfide) groups is 1. The van der Waals surface area contributed by atoms with E-state index in [0.29, 0.717) is 0 Å². The molecule has 1 N–H and O–H groups in total. The van der Waals surface area contributed by atoms with E-state index in [1.54, 1.807) is 0 Å². The zero-order valence-corrected chi connectivity index (χ0v) is 12.0. The third kappa shape index (κ3) is 6.12. The highest BCUT2D eigenvalue weighted by Gasteiger charge is 2.21. The van der Waals surface area contributed by atoms with E-state index in [9.17, 15) is 0 Å².